The zero-order chi connectivity index (χ0) is 14.6. The molecule has 0 heterocycles. The number of nitrogens with one attached hydrogen (secondary N) is 1. The molecule has 1 rings (SSSR count). The molecule has 0 fully saturated rings. The first-order chi connectivity index (χ1) is 8.80. The molecule has 1 atom stereocenters. The van der Waals surface area contributed by atoms with Crippen LogP contribution in [0, 0.1) is 14.8 Å². The van der Waals surface area contributed by atoms with Gasteiger partial charge in [0.25, 0.3) is 5.91 Å². The van der Waals surface area contributed by atoms with Gasteiger partial charge in [0.2, 0.25) is 0 Å². The summed E-state index contributed by atoms with van der Waals surface area (Å²) in [5.74, 6) is -1.76. The third-order valence-electron chi connectivity index (χ3n) is 3.11. The van der Waals surface area contributed by atoms with E-state index in [0.717, 1.165) is 0 Å². The topological polar surface area (TPSA) is 66.4 Å². The zero-order valence-corrected chi connectivity index (χ0v) is 12.8. The molecule has 1 aromatic rings. The summed E-state index contributed by atoms with van der Waals surface area (Å²) in [7, 11) is 0. The summed E-state index contributed by atoms with van der Waals surface area (Å²) < 4.78 is 13.4. The number of carboxylic acid groups (broad SMARTS) is 1. The standard InChI is InChI=1S/C13H15FINO3/c1-3-13(2,12(18)19)7-16-11(17)9-5-4-8(14)6-10(9)15/h4-6H,3,7H2,1-2H3,(H,16,17)(H,18,19). The number of aliphatic carboxylic acids is 1. The van der Waals surface area contributed by atoms with Crippen LogP contribution >= 0.6 is 22.6 Å². The molecule has 0 saturated heterocycles. The van der Waals surface area contributed by atoms with Crippen molar-refractivity contribution >= 4 is 34.5 Å². The molecule has 6 heteroatoms. The van der Waals surface area contributed by atoms with E-state index >= 15 is 0 Å². The Morgan fingerprint density at radius 2 is 2.11 bits per heavy atom. The predicted molar refractivity (Wildman–Crippen MR) is 77.5 cm³/mol. The van der Waals surface area contributed by atoms with Crippen molar-refractivity contribution in [3.63, 3.8) is 0 Å². The minimum Gasteiger partial charge on any atom is -0.481 e. The lowest BCUT2D eigenvalue weighted by Gasteiger charge is -2.23. The van der Waals surface area contributed by atoms with Gasteiger partial charge in [-0.3, -0.25) is 9.59 Å². The lowest BCUT2D eigenvalue weighted by atomic mass is 9.87. The van der Waals surface area contributed by atoms with E-state index in [-0.39, 0.29) is 6.54 Å². The third-order valence-corrected chi connectivity index (χ3v) is 4.00. The van der Waals surface area contributed by atoms with Gasteiger partial charge in [-0.15, -0.1) is 0 Å². The number of carbonyl (C=O) groups is 2. The first kappa shape index (κ1) is 15.9. The molecule has 0 spiro atoms. The summed E-state index contributed by atoms with van der Waals surface area (Å²) in [6, 6.07) is 3.84. The van der Waals surface area contributed by atoms with E-state index in [1.54, 1.807) is 13.8 Å². The number of rotatable bonds is 5. The third kappa shape index (κ3) is 3.89. The number of hydrogen-bond donors (Lipinski definition) is 2. The second-order valence-corrected chi connectivity index (χ2v) is 5.69. The fourth-order valence-electron chi connectivity index (χ4n) is 1.40. The van der Waals surface area contributed by atoms with E-state index in [0.29, 0.717) is 15.6 Å². The maximum Gasteiger partial charge on any atom is 0.311 e. The van der Waals surface area contributed by atoms with Crippen molar-refractivity contribution in [1.82, 2.24) is 5.32 Å². The highest BCUT2D eigenvalue weighted by atomic mass is 127. The van der Waals surface area contributed by atoms with Crippen molar-refractivity contribution in [2.75, 3.05) is 6.54 Å². The Balaban J connectivity index is 2.78. The van der Waals surface area contributed by atoms with E-state index in [1.165, 1.54) is 18.2 Å². The van der Waals surface area contributed by atoms with Gasteiger partial charge in [-0.05, 0) is 54.1 Å². The molecule has 1 amide bonds. The van der Waals surface area contributed by atoms with Crippen molar-refractivity contribution < 1.29 is 19.1 Å². The smallest absolute Gasteiger partial charge is 0.311 e. The first-order valence-corrected chi connectivity index (χ1v) is 6.84. The van der Waals surface area contributed by atoms with Crippen LogP contribution in [0.25, 0.3) is 0 Å². The molecular formula is C13H15FINO3. The molecule has 104 valence electrons. The molecule has 19 heavy (non-hydrogen) atoms. The monoisotopic (exact) mass is 379 g/mol. The largest absolute Gasteiger partial charge is 0.481 e. The van der Waals surface area contributed by atoms with Crippen molar-refractivity contribution in [2.24, 2.45) is 5.41 Å². The minimum absolute atomic E-state index is 0.0329. The first-order valence-electron chi connectivity index (χ1n) is 5.77. The fraction of sp³-hybridized carbons (Fsp3) is 0.385. The molecular weight excluding hydrogens is 364 g/mol. The van der Waals surface area contributed by atoms with Crippen molar-refractivity contribution in [3.05, 3.63) is 33.1 Å². The van der Waals surface area contributed by atoms with Crippen LogP contribution in [-0.4, -0.2) is 23.5 Å². The average molecular weight is 379 g/mol. The van der Waals surface area contributed by atoms with E-state index in [9.17, 15) is 14.0 Å². The van der Waals surface area contributed by atoms with Gasteiger partial charge in [-0.25, -0.2) is 4.39 Å². The van der Waals surface area contributed by atoms with Crippen LogP contribution in [0.3, 0.4) is 0 Å². The molecule has 0 aliphatic rings. The Kier molecular flexibility index (Phi) is 5.28. The lowest BCUT2D eigenvalue weighted by Crippen LogP contribution is -2.40. The summed E-state index contributed by atoms with van der Waals surface area (Å²) in [5.41, 5.74) is -0.660. The number of halogens is 2. The van der Waals surface area contributed by atoms with E-state index in [4.69, 9.17) is 5.11 Å². The van der Waals surface area contributed by atoms with Crippen LogP contribution < -0.4 is 5.32 Å². The van der Waals surface area contributed by atoms with Crippen molar-refractivity contribution in [2.45, 2.75) is 20.3 Å². The number of carboxylic acids is 1. The van der Waals surface area contributed by atoms with Crippen LogP contribution in [-0.2, 0) is 4.79 Å². The average Bonchev–Trinajstić information content (AvgIpc) is 2.35. The molecule has 0 saturated carbocycles. The summed E-state index contributed by atoms with van der Waals surface area (Å²) in [6.07, 6.45) is 0.406. The Morgan fingerprint density at radius 3 is 2.58 bits per heavy atom. The number of amides is 1. The molecule has 0 aromatic heterocycles. The summed E-state index contributed by atoms with van der Waals surface area (Å²) in [6.45, 7) is 3.36. The van der Waals surface area contributed by atoms with Gasteiger partial charge >= 0.3 is 5.97 Å². The molecule has 0 aliphatic heterocycles. The second kappa shape index (κ2) is 6.31. The number of carbonyl (C=O) groups excluding carboxylic acids is 1. The molecule has 2 N–H and O–H groups in total. The molecule has 0 bridgehead atoms. The van der Waals surface area contributed by atoms with Gasteiger partial charge in [0.1, 0.15) is 5.82 Å². The van der Waals surface area contributed by atoms with Gasteiger partial charge < -0.3 is 10.4 Å². The number of benzene rings is 1. The normalized spacial score (nSPS) is 13.7. The molecule has 1 aromatic carbocycles. The number of hydrogen-bond acceptors (Lipinski definition) is 2. The van der Waals surface area contributed by atoms with Crippen molar-refractivity contribution in [3.8, 4) is 0 Å². The molecule has 4 nitrogen and oxygen atoms in total. The summed E-state index contributed by atoms with van der Waals surface area (Å²) in [4.78, 5) is 23.0. The van der Waals surface area contributed by atoms with E-state index in [2.05, 4.69) is 5.32 Å². The maximum absolute atomic E-state index is 12.9. The van der Waals surface area contributed by atoms with Gasteiger partial charge in [0.05, 0.1) is 11.0 Å². The van der Waals surface area contributed by atoms with Crippen LogP contribution in [0.15, 0.2) is 18.2 Å². The van der Waals surface area contributed by atoms with Crippen LogP contribution in [0.1, 0.15) is 30.6 Å². The Hall–Kier alpha value is -1.18. The predicted octanol–water partition coefficient (Wildman–Crippen LogP) is 2.66. The highest BCUT2D eigenvalue weighted by Gasteiger charge is 2.31. The Morgan fingerprint density at radius 1 is 1.47 bits per heavy atom. The highest BCUT2D eigenvalue weighted by Crippen LogP contribution is 2.20. The van der Waals surface area contributed by atoms with Crippen molar-refractivity contribution in [1.29, 1.82) is 0 Å². The van der Waals surface area contributed by atoms with Gasteiger partial charge in [-0.1, -0.05) is 6.92 Å². The molecule has 0 radical (unpaired) electrons. The second-order valence-electron chi connectivity index (χ2n) is 4.53. The van der Waals surface area contributed by atoms with Crippen LogP contribution in [0.2, 0.25) is 0 Å². The summed E-state index contributed by atoms with van der Waals surface area (Å²) in [5, 5.41) is 11.7. The SMILES string of the molecule is CCC(C)(CNC(=O)c1ccc(F)cc1I)C(=O)O. The molecule has 1 unspecified atom stereocenters. The van der Waals surface area contributed by atoms with Crippen LogP contribution in [0.5, 0.6) is 0 Å². The zero-order valence-electron chi connectivity index (χ0n) is 10.7. The fourth-order valence-corrected chi connectivity index (χ4v) is 2.12. The lowest BCUT2D eigenvalue weighted by molar-refractivity contribution is -0.147. The van der Waals surface area contributed by atoms with E-state index in [1.807, 2.05) is 22.6 Å². The summed E-state index contributed by atoms with van der Waals surface area (Å²) >= 11 is 1.87. The Bertz CT molecular complexity index is 507. The minimum atomic E-state index is -0.999. The highest BCUT2D eigenvalue weighted by molar-refractivity contribution is 14.1. The quantitative estimate of drug-likeness (QED) is 0.774. The van der Waals surface area contributed by atoms with Gasteiger partial charge in [0.15, 0.2) is 0 Å². The molecule has 0 aliphatic carbocycles. The Labute approximate surface area is 124 Å². The van der Waals surface area contributed by atoms with Gasteiger partial charge in [0, 0.05) is 10.1 Å². The van der Waals surface area contributed by atoms with E-state index < -0.39 is 23.1 Å². The van der Waals surface area contributed by atoms with Gasteiger partial charge in [-0.2, -0.15) is 0 Å². The van der Waals surface area contributed by atoms with Crippen LogP contribution in [0.4, 0.5) is 4.39 Å². The maximum atomic E-state index is 12.9.